The number of aromatic nitrogens is 12. The number of aryl methyl sites for hydroxylation is 8. The summed E-state index contributed by atoms with van der Waals surface area (Å²) in [5.74, 6) is 2.85. The summed E-state index contributed by atoms with van der Waals surface area (Å²) in [5.41, 5.74) is 14.1. The lowest BCUT2D eigenvalue weighted by atomic mass is 10.1. The highest BCUT2D eigenvalue weighted by Gasteiger charge is 2.29. The summed E-state index contributed by atoms with van der Waals surface area (Å²) in [6, 6.07) is 30.3. The maximum Gasteiger partial charge on any atom is 0.345 e. The van der Waals surface area contributed by atoms with Gasteiger partial charge in [0.2, 0.25) is 0 Å². The predicted octanol–water partition coefficient (Wildman–Crippen LogP) is 13.3. The minimum Gasteiger partial charge on any atom is -0.489 e. The Morgan fingerprint density at radius 3 is 0.967 bits per heavy atom. The summed E-state index contributed by atoms with van der Waals surface area (Å²) in [6.07, 6.45) is 19.4. The number of hydrogen-bond donors (Lipinski definition) is 1. The molecule has 12 aromatic heterocycles. The Morgan fingerprint density at radius 1 is 0.380 bits per heavy atom. The fourth-order valence-corrected chi connectivity index (χ4v) is 16.6. The van der Waals surface area contributed by atoms with Crippen LogP contribution in [-0.4, -0.2) is 192 Å². The Labute approximate surface area is 695 Å². The molecule has 0 radical (unpaired) electrons. The molecule has 0 aliphatic carbocycles. The third-order valence-electron chi connectivity index (χ3n) is 22.6. The predicted molar refractivity (Wildman–Crippen MR) is 462 cm³/mol. The lowest BCUT2D eigenvalue weighted by Gasteiger charge is -2.20. The van der Waals surface area contributed by atoms with Crippen molar-refractivity contribution in [3.8, 4) is 68.0 Å². The van der Waals surface area contributed by atoms with E-state index >= 15 is 0 Å². The summed E-state index contributed by atoms with van der Waals surface area (Å²) >= 11 is 0. The molecule has 1 N–H and O–H groups in total. The van der Waals surface area contributed by atoms with Crippen LogP contribution >= 0.6 is 0 Å². The number of hydrogen-bond acceptors (Lipinski definition) is 25. The van der Waals surface area contributed by atoms with E-state index in [4.69, 9.17) is 41.7 Å². The van der Waals surface area contributed by atoms with Crippen molar-refractivity contribution < 1.29 is 41.7 Å². The zero-order valence-electron chi connectivity index (χ0n) is 69.9. The fraction of sp³-hybridized carbons (Fsp3) is 0.348. The van der Waals surface area contributed by atoms with E-state index in [2.05, 4.69) is 87.3 Å². The summed E-state index contributed by atoms with van der Waals surface area (Å²) < 4.78 is 54.5. The molecule has 29 nitrogen and oxygen atoms in total. The van der Waals surface area contributed by atoms with Crippen molar-refractivity contribution in [2.45, 2.75) is 132 Å². The second-order valence-electron chi connectivity index (χ2n) is 32.3. The molecular formula is C92H96N16O13. The summed E-state index contributed by atoms with van der Waals surface area (Å²) in [4.78, 5) is 96.2. The second kappa shape index (κ2) is 33.8. The van der Waals surface area contributed by atoms with Gasteiger partial charge in [-0.2, -0.15) is 0 Å². The van der Waals surface area contributed by atoms with E-state index < -0.39 is 22.5 Å². The van der Waals surface area contributed by atoms with Gasteiger partial charge in [0, 0.05) is 160 Å². The summed E-state index contributed by atoms with van der Waals surface area (Å²) in [6.45, 7) is 31.3. The molecule has 4 aliphatic rings. The van der Waals surface area contributed by atoms with Crippen LogP contribution < -0.4 is 41.4 Å². The SMILES string of the molecule is CCN1CC[C@@H](Oc2ccc3cc(-c4cn5cc(C)nc(C)c5n4)c(=O)oc3c2)C1.Cc1cn2cc(-c3cc4ccc(O[C@@H]5CCN(C(C)C)C5)cc4oc3=O)nc2c(C)n1.Cc1cn2cc(-c3cc4ccc(O[C@@H]5CCN(C)C5)cc4oc3=O)nc2c(C)n1.Cc1cn2cc(-c3cc4ccc(O[C@@H]5CCN(CCO)C5)cc4oc3=O)nc2c(C)n1. The van der Waals surface area contributed by atoms with Gasteiger partial charge in [0.25, 0.3) is 0 Å². The number of benzene rings is 4. The molecule has 16 aromatic rings. The molecule has 4 saturated heterocycles. The van der Waals surface area contributed by atoms with E-state index in [1.807, 2.05) is 189 Å². The molecular weight excluding hydrogens is 1540 g/mol. The zero-order chi connectivity index (χ0) is 84.2. The molecule has 4 aliphatic heterocycles. The number of aliphatic hydroxyl groups is 1. The molecule has 0 amide bonds. The molecule has 4 atom stereocenters. The van der Waals surface area contributed by atoms with Crippen molar-refractivity contribution in [1.82, 2.24) is 77.1 Å². The maximum absolute atomic E-state index is 12.8. The van der Waals surface area contributed by atoms with Crippen molar-refractivity contribution in [1.29, 1.82) is 0 Å². The van der Waals surface area contributed by atoms with Gasteiger partial charge < -0.3 is 64.2 Å². The van der Waals surface area contributed by atoms with Crippen LogP contribution in [0.3, 0.4) is 0 Å². The van der Waals surface area contributed by atoms with Crippen LogP contribution in [0.1, 0.15) is 92.0 Å². The highest BCUT2D eigenvalue weighted by molar-refractivity contribution is 5.86. The molecule has 4 aromatic carbocycles. The topological polar surface area (TPSA) is 312 Å². The smallest absolute Gasteiger partial charge is 0.345 e. The zero-order valence-corrected chi connectivity index (χ0v) is 69.9. The Hall–Kier alpha value is -12.8. The summed E-state index contributed by atoms with van der Waals surface area (Å²) in [7, 11) is 2.09. The van der Waals surface area contributed by atoms with Crippen LogP contribution in [-0.2, 0) is 0 Å². The van der Waals surface area contributed by atoms with E-state index in [0.29, 0.717) is 85.7 Å². The van der Waals surface area contributed by atoms with Crippen molar-refractivity contribution in [2.75, 3.05) is 79.1 Å². The molecule has 0 saturated carbocycles. The lowest BCUT2D eigenvalue weighted by molar-refractivity contribution is 0.181. The van der Waals surface area contributed by atoms with Gasteiger partial charge in [-0.1, -0.05) is 6.92 Å². The number of β-amino-alcohol motifs (C(OH)–C–C–N with tert-alkyl or cyclic N) is 1. The monoisotopic (exact) mass is 1630 g/mol. The largest absolute Gasteiger partial charge is 0.489 e. The number of aliphatic hydroxyl groups excluding tert-OH is 1. The van der Waals surface area contributed by atoms with Gasteiger partial charge in [-0.05, 0) is 181 Å². The number of likely N-dealkylation sites (N-methyl/N-ethyl adjacent to an activating group) is 2. The first-order valence-corrected chi connectivity index (χ1v) is 41.1. The van der Waals surface area contributed by atoms with Crippen molar-refractivity contribution in [3.63, 3.8) is 0 Å². The molecule has 4 fully saturated rings. The standard InChI is InChI=1S/C24H26N4O3.C23H24N4O4.C23H24N4O3.C22H22N4O3/c1-14(2)27-8-7-19(12-27)30-18-6-5-17-9-20(24(29)31-22(17)10-18)21-13-28-11-15(3)25-16(4)23(28)26-21;1-14-11-27-13-20(25-22(27)15(2)24-14)19-9-16-3-4-17(10-21(16)31-23(19)29)30-18-5-6-26(12-18)7-8-28;1-4-26-8-7-18(12-26)29-17-6-5-16-9-19(23(28)30-21(16)10-17)20-13-27-11-14(2)24-15(3)22(27)25-20;1-13-10-26-12-19(24-21(26)14(2)23-13)18-8-15-4-5-16(9-20(15)29-22(18)27)28-17-6-7-25(3)11-17/h5-6,9-11,13-14,19H,7-8,12H2,1-4H3;3-4,9-11,13,18,28H,5-8,12H2,1-2H3;5-6,9-11,13,18H,4,7-8,12H2,1-3H3;4-5,8-10,12,17H,6-7,11H2,1-3H3/t19-;2*18-;17-/m1111/s1. The first-order valence-electron chi connectivity index (χ1n) is 41.1. The van der Waals surface area contributed by atoms with Crippen LogP contribution in [0.15, 0.2) is 183 Å². The second-order valence-corrected chi connectivity index (χ2v) is 32.3. The van der Waals surface area contributed by atoms with E-state index in [9.17, 15) is 19.2 Å². The number of likely N-dealkylation sites (tertiary alicyclic amines) is 4. The third-order valence-corrected chi connectivity index (χ3v) is 22.6. The number of rotatable bonds is 16. The first-order chi connectivity index (χ1) is 58.3. The van der Waals surface area contributed by atoms with Gasteiger partial charge >= 0.3 is 22.5 Å². The van der Waals surface area contributed by atoms with Gasteiger partial charge in [0.1, 0.15) is 69.7 Å². The van der Waals surface area contributed by atoms with Crippen LogP contribution in [0.25, 0.3) is 111 Å². The highest BCUT2D eigenvalue weighted by atomic mass is 16.5. The van der Waals surface area contributed by atoms with Gasteiger partial charge in [0.15, 0.2) is 22.6 Å². The molecule has 121 heavy (non-hydrogen) atoms. The van der Waals surface area contributed by atoms with Crippen molar-refractivity contribution in [2.24, 2.45) is 0 Å². The van der Waals surface area contributed by atoms with Crippen LogP contribution in [0.2, 0.25) is 0 Å². The van der Waals surface area contributed by atoms with Gasteiger partial charge in [-0.25, -0.2) is 39.1 Å². The molecule has 20 rings (SSSR count). The quantitative estimate of drug-likeness (QED) is 0.0878. The Bertz CT molecular complexity index is 6900. The van der Waals surface area contributed by atoms with Gasteiger partial charge in [-0.15, -0.1) is 0 Å². The first kappa shape index (κ1) is 80.6. The van der Waals surface area contributed by atoms with Gasteiger partial charge in [-0.3, -0.25) is 34.6 Å². The van der Waals surface area contributed by atoms with E-state index in [1.165, 1.54) is 0 Å². The Balaban J connectivity index is 0.000000115. The lowest BCUT2D eigenvalue weighted by Crippen LogP contribution is -2.30. The summed E-state index contributed by atoms with van der Waals surface area (Å²) in [5, 5.41) is 12.4. The highest BCUT2D eigenvalue weighted by Crippen LogP contribution is 2.33. The van der Waals surface area contributed by atoms with E-state index in [0.717, 1.165) is 192 Å². The number of fused-ring (bicyclic) bond motifs is 8. The van der Waals surface area contributed by atoms with Crippen LogP contribution in [0.4, 0.5) is 0 Å². The normalized spacial score (nSPS) is 17.2. The minimum absolute atomic E-state index is 0.0632. The molecule has 16 heterocycles. The Morgan fingerprint density at radius 2 is 0.678 bits per heavy atom. The van der Waals surface area contributed by atoms with Crippen LogP contribution in [0.5, 0.6) is 23.0 Å². The maximum atomic E-state index is 12.8. The van der Waals surface area contributed by atoms with Gasteiger partial charge in [0.05, 0.1) is 97.2 Å². The van der Waals surface area contributed by atoms with Crippen molar-refractivity contribution >= 4 is 66.5 Å². The average Bonchev–Trinajstić information content (AvgIpc) is 1.69. The average molecular weight is 1630 g/mol. The molecule has 0 spiro atoms. The number of nitrogens with zero attached hydrogens (tertiary/aromatic N) is 16. The molecule has 622 valence electrons. The number of ether oxygens (including phenoxy) is 4. The molecule has 0 unspecified atom stereocenters. The van der Waals surface area contributed by atoms with Crippen molar-refractivity contribution in [3.05, 3.63) is 234 Å². The van der Waals surface area contributed by atoms with E-state index in [1.54, 1.807) is 30.3 Å². The van der Waals surface area contributed by atoms with Crippen LogP contribution in [0, 0.1) is 55.4 Å². The number of imidazole rings is 4. The molecule has 29 heteroatoms. The third kappa shape index (κ3) is 17.5. The Kier molecular flexibility index (Phi) is 22.5. The van der Waals surface area contributed by atoms with E-state index in [-0.39, 0.29) is 31.0 Å². The minimum atomic E-state index is -0.439. The fourth-order valence-electron chi connectivity index (χ4n) is 16.6. The molecule has 0 bridgehead atoms.